The molecule has 0 aliphatic carbocycles. The quantitative estimate of drug-likeness (QED) is 0.928. The lowest BCUT2D eigenvalue weighted by molar-refractivity contribution is 0.280. The highest BCUT2D eigenvalue weighted by molar-refractivity contribution is 9.10. The summed E-state index contributed by atoms with van der Waals surface area (Å²) in [5.74, 6) is 1.11. The first-order chi connectivity index (χ1) is 7.72. The minimum atomic E-state index is 0.294. The molecule has 16 heavy (non-hydrogen) atoms. The van der Waals surface area contributed by atoms with Crippen LogP contribution in [0.2, 0.25) is 0 Å². The molecule has 1 unspecified atom stereocenters. The van der Waals surface area contributed by atoms with Gasteiger partial charge in [0.15, 0.2) is 0 Å². The summed E-state index contributed by atoms with van der Waals surface area (Å²) in [5.41, 5.74) is 1.31. The third kappa shape index (κ3) is 2.55. The Balaban J connectivity index is 2.15. The summed E-state index contributed by atoms with van der Waals surface area (Å²) < 4.78 is 1.14. The Morgan fingerprint density at radius 2 is 2.38 bits per heavy atom. The Morgan fingerprint density at radius 1 is 1.56 bits per heavy atom. The van der Waals surface area contributed by atoms with Crippen LogP contribution in [0.4, 0.5) is 5.69 Å². The fourth-order valence-electron chi connectivity index (χ4n) is 1.99. The zero-order valence-electron chi connectivity index (χ0n) is 9.32. The smallest absolute Gasteiger partial charge is 0.0505 e. The van der Waals surface area contributed by atoms with Gasteiger partial charge in [0.1, 0.15) is 0 Å². The molecule has 1 N–H and O–H groups in total. The van der Waals surface area contributed by atoms with Crippen LogP contribution in [0.1, 0.15) is 12.8 Å². The zero-order valence-corrected chi connectivity index (χ0v) is 11.7. The number of hydrogen-bond acceptors (Lipinski definition) is 3. The molecule has 2 nitrogen and oxygen atoms in total. The van der Waals surface area contributed by atoms with Crippen molar-refractivity contribution in [3.63, 3.8) is 0 Å². The van der Waals surface area contributed by atoms with Crippen molar-refractivity contribution in [3.05, 3.63) is 22.7 Å². The summed E-state index contributed by atoms with van der Waals surface area (Å²) in [5, 5.41) is 8.88. The average molecular weight is 302 g/mol. The van der Waals surface area contributed by atoms with Gasteiger partial charge < -0.3 is 10.0 Å². The third-order valence-corrected chi connectivity index (χ3v) is 4.66. The molecule has 88 valence electrons. The highest BCUT2D eigenvalue weighted by atomic mass is 79.9. The number of aliphatic hydroxyl groups excluding tert-OH is 1. The number of hydrogen-bond donors (Lipinski definition) is 1. The summed E-state index contributed by atoms with van der Waals surface area (Å²) >= 11 is 5.41. The normalized spacial score (nSPS) is 19.7. The lowest BCUT2D eigenvalue weighted by Gasteiger charge is -2.35. The minimum absolute atomic E-state index is 0.294. The number of rotatable bonds is 3. The second-order valence-electron chi connectivity index (χ2n) is 4.05. The molecule has 1 aliphatic rings. The molecule has 0 spiro atoms. The Morgan fingerprint density at radius 3 is 3.12 bits per heavy atom. The van der Waals surface area contributed by atoms with Gasteiger partial charge in [0.2, 0.25) is 0 Å². The van der Waals surface area contributed by atoms with Gasteiger partial charge in [0.25, 0.3) is 0 Å². The van der Waals surface area contributed by atoms with Crippen molar-refractivity contribution in [1.82, 2.24) is 0 Å². The van der Waals surface area contributed by atoms with Gasteiger partial charge in [-0.25, -0.2) is 0 Å². The van der Waals surface area contributed by atoms with Crippen molar-refractivity contribution in [2.24, 2.45) is 0 Å². The van der Waals surface area contributed by atoms with Crippen molar-refractivity contribution in [2.45, 2.75) is 23.8 Å². The topological polar surface area (TPSA) is 23.5 Å². The molecule has 1 atom stereocenters. The molecule has 0 radical (unpaired) electrons. The van der Waals surface area contributed by atoms with E-state index in [0.717, 1.165) is 23.1 Å². The standard InChI is InChI=1S/C12H16BrNOS/c1-14-10(3-2-6-15)8-16-12-7-9(13)4-5-11(12)14/h4-5,7,10,15H,2-3,6,8H2,1H3. The molecule has 0 saturated heterocycles. The molecule has 0 amide bonds. The molecule has 0 bridgehead atoms. The molecule has 0 aromatic heterocycles. The van der Waals surface area contributed by atoms with Crippen LogP contribution < -0.4 is 4.90 Å². The van der Waals surface area contributed by atoms with E-state index in [-0.39, 0.29) is 0 Å². The van der Waals surface area contributed by atoms with Gasteiger partial charge in [0, 0.05) is 34.8 Å². The van der Waals surface area contributed by atoms with Gasteiger partial charge >= 0.3 is 0 Å². The number of benzene rings is 1. The Hall–Kier alpha value is -0.190. The second-order valence-corrected chi connectivity index (χ2v) is 6.03. The monoisotopic (exact) mass is 301 g/mol. The fourth-order valence-corrected chi connectivity index (χ4v) is 3.84. The first kappa shape index (κ1) is 12.3. The lowest BCUT2D eigenvalue weighted by Crippen LogP contribution is -2.36. The molecule has 1 heterocycles. The molecular formula is C12H16BrNOS. The Bertz CT molecular complexity index is 372. The van der Waals surface area contributed by atoms with Gasteiger partial charge in [-0.15, -0.1) is 11.8 Å². The Labute approximate surface area is 109 Å². The van der Waals surface area contributed by atoms with E-state index in [1.807, 2.05) is 11.8 Å². The summed E-state index contributed by atoms with van der Waals surface area (Å²) in [7, 11) is 2.15. The van der Waals surface area contributed by atoms with E-state index in [1.54, 1.807) is 0 Å². The maximum Gasteiger partial charge on any atom is 0.0505 e. The highest BCUT2D eigenvalue weighted by Gasteiger charge is 2.23. The van der Waals surface area contributed by atoms with E-state index in [2.05, 4.69) is 46.1 Å². The molecule has 2 rings (SSSR count). The second kappa shape index (κ2) is 5.43. The molecular weight excluding hydrogens is 286 g/mol. The number of aliphatic hydroxyl groups is 1. The average Bonchev–Trinajstić information content (AvgIpc) is 2.28. The number of fused-ring (bicyclic) bond motifs is 1. The van der Waals surface area contributed by atoms with Gasteiger partial charge in [-0.05, 0) is 31.0 Å². The molecule has 1 aromatic rings. The van der Waals surface area contributed by atoms with E-state index in [0.29, 0.717) is 12.6 Å². The van der Waals surface area contributed by atoms with Gasteiger partial charge in [-0.2, -0.15) is 0 Å². The minimum Gasteiger partial charge on any atom is -0.396 e. The number of nitrogens with zero attached hydrogens (tertiary/aromatic N) is 1. The van der Waals surface area contributed by atoms with Crippen molar-refractivity contribution in [2.75, 3.05) is 24.3 Å². The summed E-state index contributed by atoms with van der Waals surface area (Å²) in [6.07, 6.45) is 1.96. The van der Waals surface area contributed by atoms with Crippen LogP contribution in [0.3, 0.4) is 0 Å². The first-order valence-electron chi connectivity index (χ1n) is 5.48. The zero-order chi connectivity index (χ0) is 11.5. The predicted octanol–water partition coefficient (Wildman–Crippen LogP) is 3.13. The van der Waals surface area contributed by atoms with E-state index < -0.39 is 0 Å². The van der Waals surface area contributed by atoms with Crippen LogP contribution in [0.5, 0.6) is 0 Å². The molecule has 4 heteroatoms. The lowest BCUT2D eigenvalue weighted by atomic mass is 10.1. The number of thioether (sulfide) groups is 1. The van der Waals surface area contributed by atoms with Crippen LogP contribution in [-0.4, -0.2) is 30.6 Å². The highest BCUT2D eigenvalue weighted by Crippen LogP contribution is 2.39. The van der Waals surface area contributed by atoms with Crippen molar-refractivity contribution in [3.8, 4) is 0 Å². The SMILES string of the molecule is CN1c2ccc(Br)cc2SCC1CCCO. The van der Waals surface area contributed by atoms with E-state index in [4.69, 9.17) is 5.11 Å². The van der Waals surface area contributed by atoms with Crippen LogP contribution in [0, 0.1) is 0 Å². The summed E-state index contributed by atoms with van der Waals surface area (Å²) in [6, 6.07) is 6.98. The van der Waals surface area contributed by atoms with Crippen molar-refractivity contribution in [1.29, 1.82) is 0 Å². The fraction of sp³-hybridized carbons (Fsp3) is 0.500. The Kier molecular flexibility index (Phi) is 4.16. The van der Waals surface area contributed by atoms with Crippen molar-refractivity contribution >= 4 is 33.4 Å². The van der Waals surface area contributed by atoms with Gasteiger partial charge in [0.05, 0.1) is 5.69 Å². The van der Waals surface area contributed by atoms with Gasteiger partial charge in [-0.1, -0.05) is 15.9 Å². The number of halogens is 1. The number of anilines is 1. The molecule has 0 saturated carbocycles. The van der Waals surface area contributed by atoms with E-state index >= 15 is 0 Å². The maximum atomic E-state index is 8.88. The van der Waals surface area contributed by atoms with Crippen molar-refractivity contribution < 1.29 is 5.11 Å². The third-order valence-electron chi connectivity index (χ3n) is 2.98. The molecule has 1 aliphatic heterocycles. The summed E-state index contributed by atoms with van der Waals surface area (Å²) in [6.45, 7) is 0.294. The van der Waals surface area contributed by atoms with Crippen LogP contribution in [-0.2, 0) is 0 Å². The molecule has 1 aromatic carbocycles. The largest absolute Gasteiger partial charge is 0.396 e. The van der Waals surface area contributed by atoms with E-state index in [1.165, 1.54) is 10.6 Å². The van der Waals surface area contributed by atoms with Crippen LogP contribution in [0.25, 0.3) is 0 Å². The maximum absolute atomic E-state index is 8.88. The van der Waals surface area contributed by atoms with Crippen LogP contribution >= 0.6 is 27.7 Å². The predicted molar refractivity (Wildman–Crippen MR) is 73.4 cm³/mol. The van der Waals surface area contributed by atoms with Gasteiger partial charge in [-0.3, -0.25) is 0 Å². The molecule has 0 fully saturated rings. The first-order valence-corrected chi connectivity index (χ1v) is 7.26. The van der Waals surface area contributed by atoms with E-state index in [9.17, 15) is 0 Å². The summed E-state index contributed by atoms with van der Waals surface area (Å²) in [4.78, 5) is 3.69. The van der Waals surface area contributed by atoms with Crippen LogP contribution in [0.15, 0.2) is 27.6 Å².